The zero-order valence-electron chi connectivity index (χ0n) is 13.6. The molecule has 0 radical (unpaired) electrons. The van der Waals surface area contributed by atoms with Crippen LogP contribution in [-0.2, 0) is 16.0 Å². The summed E-state index contributed by atoms with van der Waals surface area (Å²) in [4.78, 5) is 37.2. The van der Waals surface area contributed by atoms with Crippen LogP contribution in [0.1, 0.15) is 58.7 Å². The third kappa shape index (κ3) is 2.51. The van der Waals surface area contributed by atoms with Gasteiger partial charge in [0.2, 0.25) is 5.91 Å². The maximum absolute atomic E-state index is 13.0. The van der Waals surface area contributed by atoms with Crippen LogP contribution in [0.4, 0.5) is 5.00 Å². The van der Waals surface area contributed by atoms with Crippen LogP contribution in [-0.4, -0.2) is 24.3 Å². The lowest BCUT2D eigenvalue weighted by atomic mass is 9.70. The van der Waals surface area contributed by atoms with Crippen LogP contribution in [0.2, 0.25) is 0 Å². The SMILES string of the molecule is CCOC(=O)c1c(NC(C)=O)sc2c1CCC(C#N)(C1CC1)C2=O. The predicted molar refractivity (Wildman–Crippen MR) is 88.0 cm³/mol. The molecule has 1 heterocycles. The fourth-order valence-electron chi connectivity index (χ4n) is 3.36. The van der Waals surface area contributed by atoms with E-state index in [0.29, 0.717) is 28.3 Å². The van der Waals surface area contributed by atoms with E-state index in [9.17, 15) is 19.6 Å². The zero-order valence-corrected chi connectivity index (χ0v) is 14.4. The van der Waals surface area contributed by atoms with Crippen molar-refractivity contribution in [2.45, 2.75) is 39.5 Å². The summed E-state index contributed by atoms with van der Waals surface area (Å²) in [6.07, 6.45) is 2.67. The van der Waals surface area contributed by atoms with E-state index in [1.807, 2.05) is 0 Å². The highest BCUT2D eigenvalue weighted by atomic mass is 32.1. The van der Waals surface area contributed by atoms with E-state index >= 15 is 0 Å². The Morgan fingerprint density at radius 3 is 2.71 bits per heavy atom. The van der Waals surface area contributed by atoms with Gasteiger partial charge in [0.1, 0.15) is 10.4 Å². The van der Waals surface area contributed by atoms with E-state index in [1.54, 1.807) is 6.92 Å². The standard InChI is InChI=1S/C17H18N2O4S/c1-3-23-16(22)12-11-6-7-17(8-18,10-4-5-10)14(21)13(11)24-15(12)19-9(2)20/h10H,3-7H2,1-2H3,(H,19,20). The number of hydrogen-bond donors (Lipinski definition) is 1. The number of nitrogens with one attached hydrogen (secondary N) is 1. The number of anilines is 1. The molecule has 1 unspecified atom stereocenters. The molecule has 0 saturated heterocycles. The Morgan fingerprint density at radius 1 is 1.46 bits per heavy atom. The second kappa shape index (κ2) is 6.02. The molecule has 0 aromatic carbocycles. The number of ether oxygens (including phenoxy) is 1. The first-order chi connectivity index (χ1) is 11.4. The molecule has 0 aliphatic heterocycles. The van der Waals surface area contributed by atoms with Crippen molar-refractivity contribution in [3.63, 3.8) is 0 Å². The number of thiophene rings is 1. The molecule has 2 aliphatic rings. The van der Waals surface area contributed by atoms with Gasteiger partial charge in [-0.15, -0.1) is 11.3 Å². The molecule has 3 rings (SSSR count). The quantitative estimate of drug-likeness (QED) is 0.846. The largest absolute Gasteiger partial charge is 0.462 e. The highest BCUT2D eigenvalue weighted by Crippen LogP contribution is 2.54. The topological polar surface area (TPSA) is 96.3 Å². The Hall–Kier alpha value is -2.20. The molecule has 24 heavy (non-hydrogen) atoms. The zero-order chi connectivity index (χ0) is 17.5. The van der Waals surface area contributed by atoms with Crippen molar-refractivity contribution >= 4 is 34.0 Å². The molecule has 126 valence electrons. The summed E-state index contributed by atoms with van der Waals surface area (Å²) < 4.78 is 5.09. The number of hydrogen-bond acceptors (Lipinski definition) is 6. The number of nitriles is 1. The molecule has 1 fully saturated rings. The lowest BCUT2D eigenvalue weighted by molar-refractivity contribution is -0.114. The Balaban J connectivity index is 2.09. The maximum Gasteiger partial charge on any atom is 0.341 e. The summed E-state index contributed by atoms with van der Waals surface area (Å²) in [5.74, 6) is -0.954. The normalized spacial score (nSPS) is 22.5. The first-order valence-electron chi connectivity index (χ1n) is 8.01. The molecule has 0 bridgehead atoms. The second-order valence-electron chi connectivity index (χ2n) is 6.20. The number of fused-ring (bicyclic) bond motifs is 1. The molecule has 1 N–H and O–H groups in total. The van der Waals surface area contributed by atoms with Crippen LogP contribution in [0.3, 0.4) is 0 Å². The number of carbonyl (C=O) groups excluding carboxylic acids is 3. The first kappa shape index (κ1) is 16.7. The van der Waals surface area contributed by atoms with Gasteiger partial charge in [0.05, 0.1) is 23.1 Å². The van der Waals surface area contributed by atoms with Crippen LogP contribution >= 0.6 is 11.3 Å². The lowest BCUT2D eigenvalue weighted by Crippen LogP contribution is -2.36. The average Bonchev–Trinajstić information content (AvgIpc) is 3.30. The fraction of sp³-hybridized carbons (Fsp3) is 0.529. The van der Waals surface area contributed by atoms with Gasteiger partial charge in [0.25, 0.3) is 0 Å². The molecular formula is C17H18N2O4S. The van der Waals surface area contributed by atoms with Crippen molar-refractivity contribution in [2.75, 3.05) is 11.9 Å². The third-order valence-corrected chi connectivity index (χ3v) is 5.78. The summed E-state index contributed by atoms with van der Waals surface area (Å²) in [5, 5.41) is 12.6. The van der Waals surface area contributed by atoms with E-state index in [1.165, 1.54) is 6.92 Å². The molecule has 7 heteroatoms. The minimum Gasteiger partial charge on any atom is -0.462 e. The number of ketones is 1. The lowest BCUT2D eigenvalue weighted by Gasteiger charge is -2.29. The summed E-state index contributed by atoms with van der Waals surface area (Å²) in [7, 11) is 0. The summed E-state index contributed by atoms with van der Waals surface area (Å²) in [6.45, 7) is 3.26. The number of amides is 1. The van der Waals surface area contributed by atoms with Gasteiger partial charge >= 0.3 is 5.97 Å². The minimum atomic E-state index is -0.975. The highest BCUT2D eigenvalue weighted by Gasteiger charge is 2.54. The van der Waals surface area contributed by atoms with E-state index in [-0.39, 0.29) is 29.8 Å². The monoisotopic (exact) mass is 346 g/mol. The highest BCUT2D eigenvalue weighted by molar-refractivity contribution is 7.19. The van der Waals surface area contributed by atoms with Gasteiger partial charge in [0, 0.05) is 6.92 Å². The smallest absolute Gasteiger partial charge is 0.341 e. The van der Waals surface area contributed by atoms with Crippen molar-refractivity contribution in [3.05, 3.63) is 16.0 Å². The van der Waals surface area contributed by atoms with Crippen LogP contribution < -0.4 is 5.32 Å². The van der Waals surface area contributed by atoms with Crippen molar-refractivity contribution < 1.29 is 19.1 Å². The van der Waals surface area contributed by atoms with Crippen LogP contribution in [0, 0.1) is 22.7 Å². The Morgan fingerprint density at radius 2 is 2.17 bits per heavy atom. The molecule has 2 aliphatic carbocycles. The molecular weight excluding hydrogens is 328 g/mol. The molecule has 1 aromatic rings. The Kier molecular flexibility index (Phi) is 4.18. The van der Waals surface area contributed by atoms with E-state index in [0.717, 1.165) is 24.2 Å². The van der Waals surface area contributed by atoms with E-state index in [4.69, 9.17) is 4.74 Å². The Bertz CT molecular complexity index is 772. The fourth-order valence-corrected chi connectivity index (χ4v) is 4.67. The van der Waals surface area contributed by atoms with Gasteiger partial charge in [-0.3, -0.25) is 9.59 Å². The van der Waals surface area contributed by atoms with Crippen molar-refractivity contribution in [3.8, 4) is 6.07 Å². The number of nitrogens with zero attached hydrogens (tertiary/aromatic N) is 1. The number of esters is 1. The Labute approximate surface area is 143 Å². The van der Waals surface area contributed by atoms with Crippen LogP contribution in [0.5, 0.6) is 0 Å². The molecule has 1 saturated carbocycles. The van der Waals surface area contributed by atoms with Crippen LogP contribution in [0.25, 0.3) is 0 Å². The van der Waals surface area contributed by atoms with Crippen molar-refractivity contribution in [1.82, 2.24) is 0 Å². The van der Waals surface area contributed by atoms with E-state index < -0.39 is 11.4 Å². The van der Waals surface area contributed by atoms with Crippen molar-refractivity contribution in [1.29, 1.82) is 5.26 Å². The number of rotatable bonds is 4. The second-order valence-corrected chi connectivity index (χ2v) is 7.22. The van der Waals surface area contributed by atoms with E-state index in [2.05, 4.69) is 11.4 Å². The average molecular weight is 346 g/mol. The van der Waals surface area contributed by atoms with Gasteiger partial charge in [-0.05, 0) is 44.1 Å². The van der Waals surface area contributed by atoms with Crippen molar-refractivity contribution in [2.24, 2.45) is 11.3 Å². The van der Waals surface area contributed by atoms with Gasteiger partial charge in [-0.2, -0.15) is 5.26 Å². The predicted octanol–water partition coefficient (Wildman–Crippen LogP) is 2.93. The number of carbonyl (C=O) groups is 3. The maximum atomic E-state index is 13.0. The molecule has 0 spiro atoms. The molecule has 1 aromatic heterocycles. The molecule has 6 nitrogen and oxygen atoms in total. The van der Waals surface area contributed by atoms with Gasteiger partial charge in [0.15, 0.2) is 5.78 Å². The third-order valence-electron chi connectivity index (χ3n) is 4.63. The van der Waals surface area contributed by atoms with Gasteiger partial charge < -0.3 is 10.1 Å². The summed E-state index contributed by atoms with van der Waals surface area (Å²) in [6, 6.07) is 2.25. The molecule has 1 atom stereocenters. The summed E-state index contributed by atoms with van der Waals surface area (Å²) in [5.41, 5.74) is -0.0986. The summed E-state index contributed by atoms with van der Waals surface area (Å²) >= 11 is 1.08. The van der Waals surface area contributed by atoms with Gasteiger partial charge in [-0.1, -0.05) is 0 Å². The van der Waals surface area contributed by atoms with Gasteiger partial charge in [-0.25, -0.2) is 4.79 Å². The van der Waals surface area contributed by atoms with Crippen LogP contribution in [0.15, 0.2) is 0 Å². The number of Topliss-reactive ketones (excluding diaryl/α,β-unsaturated/α-hetero) is 1. The molecule has 1 amide bonds. The minimum absolute atomic E-state index is 0.112. The first-order valence-corrected chi connectivity index (χ1v) is 8.82.